The number of nitrogens with one attached hydrogen (secondary N) is 1. The van der Waals surface area contributed by atoms with E-state index in [1.165, 1.54) is 9.75 Å². The van der Waals surface area contributed by atoms with Gasteiger partial charge in [0.25, 0.3) is 0 Å². The second-order valence-corrected chi connectivity index (χ2v) is 5.62. The number of hydrogen-bond donors (Lipinski definition) is 1. The van der Waals surface area contributed by atoms with E-state index in [0.29, 0.717) is 10.0 Å². The molecular weight excluding hydrogens is 261 g/mol. The molecule has 0 saturated heterocycles. The largest absolute Gasteiger partial charge is 0.379 e. The van der Waals surface area contributed by atoms with Gasteiger partial charge in [-0.25, -0.2) is 0 Å². The van der Waals surface area contributed by atoms with Crippen molar-refractivity contribution in [1.29, 1.82) is 0 Å². The summed E-state index contributed by atoms with van der Waals surface area (Å²) in [6, 6.07) is 9.82. The van der Waals surface area contributed by atoms with Crippen LogP contribution < -0.4 is 5.32 Å². The fourth-order valence-corrected chi connectivity index (χ4v) is 2.60. The second-order valence-electron chi connectivity index (χ2n) is 3.47. The summed E-state index contributed by atoms with van der Waals surface area (Å²) in [7, 11) is 0. The van der Waals surface area contributed by atoms with Crippen LogP contribution in [0.4, 0.5) is 5.69 Å². The van der Waals surface area contributed by atoms with Crippen molar-refractivity contribution < 1.29 is 0 Å². The van der Waals surface area contributed by atoms with Crippen molar-refractivity contribution in [3.8, 4) is 0 Å². The highest BCUT2D eigenvalue weighted by molar-refractivity contribution is 7.11. The van der Waals surface area contributed by atoms with Gasteiger partial charge in [0.15, 0.2) is 0 Å². The first-order valence-corrected chi connectivity index (χ1v) is 6.47. The molecule has 2 aromatic rings. The molecule has 1 nitrogen and oxygen atoms in total. The SMILES string of the molecule is Cc1ccc(CNc2cccc(Cl)c2Cl)s1. The Bertz CT molecular complexity index is 494. The molecule has 1 aromatic heterocycles. The van der Waals surface area contributed by atoms with Crippen LogP contribution in [0, 0.1) is 6.92 Å². The van der Waals surface area contributed by atoms with Gasteiger partial charge in [0.05, 0.1) is 15.7 Å². The summed E-state index contributed by atoms with van der Waals surface area (Å²) in [5.74, 6) is 0. The van der Waals surface area contributed by atoms with Gasteiger partial charge in [-0.15, -0.1) is 11.3 Å². The average molecular weight is 272 g/mol. The van der Waals surface area contributed by atoms with Gasteiger partial charge in [0.1, 0.15) is 0 Å². The van der Waals surface area contributed by atoms with Crippen LogP contribution in [-0.2, 0) is 6.54 Å². The Balaban J connectivity index is 2.07. The zero-order valence-electron chi connectivity index (χ0n) is 8.76. The molecule has 0 radical (unpaired) electrons. The molecule has 0 unspecified atom stereocenters. The minimum atomic E-state index is 0.578. The zero-order valence-corrected chi connectivity index (χ0v) is 11.1. The highest BCUT2D eigenvalue weighted by Gasteiger charge is 2.04. The highest BCUT2D eigenvalue weighted by atomic mass is 35.5. The first-order chi connectivity index (χ1) is 7.66. The first kappa shape index (κ1) is 11.8. The quantitative estimate of drug-likeness (QED) is 0.831. The van der Waals surface area contributed by atoms with Gasteiger partial charge in [-0.2, -0.15) is 0 Å². The summed E-state index contributed by atoms with van der Waals surface area (Å²) >= 11 is 13.8. The summed E-state index contributed by atoms with van der Waals surface area (Å²) in [5.41, 5.74) is 0.875. The van der Waals surface area contributed by atoms with Gasteiger partial charge in [0, 0.05) is 16.3 Å². The molecule has 16 heavy (non-hydrogen) atoms. The minimum Gasteiger partial charge on any atom is -0.379 e. The van der Waals surface area contributed by atoms with E-state index < -0.39 is 0 Å². The predicted octanol–water partition coefficient (Wildman–Crippen LogP) is 4.98. The van der Waals surface area contributed by atoms with Gasteiger partial charge >= 0.3 is 0 Å². The molecule has 0 aliphatic carbocycles. The molecule has 4 heteroatoms. The zero-order chi connectivity index (χ0) is 11.5. The number of rotatable bonds is 3. The van der Waals surface area contributed by atoms with E-state index in [1.807, 2.05) is 12.1 Å². The molecule has 2 rings (SSSR count). The lowest BCUT2D eigenvalue weighted by molar-refractivity contribution is 1.19. The van der Waals surface area contributed by atoms with Crippen molar-refractivity contribution >= 4 is 40.2 Å². The fourth-order valence-electron chi connectivity index (χ4n) is 1.40. The molecule has 0 saturated carbocycles. The third-order valence-electron chi connectivity index (χ3n) is 2.20. The number of thiophene rings is 1. The van der Waals surface area contributed by atoms with Gasteiger partial charge in [0.2, 0.25) is 0 Å². The van der Waals surface area contributed by atoms with Crippen molar-refractivity contribution in [2.45, 2.75) is 13.5 Å². The lowest BCUT2D eigenvalue weighted by atomic mass is 10.3. The Kier molecular flexibility index (Phi) is 3.74. The van der Waals surface area contributed by atoms with E-state index >= 15 is 0 Å². The summed E-state index contributed by atoms with van der Waals surface area (Å²) in [4.78, 5) is 2.60. The molecule has 0 spiro atoms. The predicted molar refractivity (Wildman–Crippen MR) is 72.8 cm³/mol. The molecule has 0 aliphatic rings. The number of aryl methyl sites for hydroxylation is 1. The second kappa shape index (κ2) is 5.09. The van der Waals surface area contributed by atoms with E-state index in [1.54, 1.807) is 17.4 Å². The highest BCUT2D eigenvalue weighted by Crippen LogP contribution is 2.30. The number of anilines is 1. The maximum atomic E-state index is 6.07. The molecule has 1 heterocycles. The summed E-state index contributed by atoms with van der Waals surface area (Å²) < 4.78 is 0. The summed E-state index contributed by atoms with van der Waals surface area (Å²) in [6.45, 7) is 2.87. The standard InChI is InChI=1S/C12H11Cl2NS/c1-8-5-6-9(16-8)7-15-11-4-2-3-10(13)12(11)14/h2-6,15H,7H2,1H3. The van der Waals surface area contributed by atoms with Crippen LogP contribution in [0.25, 0.3) is 0 Å². The van der Waals surface area contributed by atoms with Gasteiger partial charge in [-0.3, -0.25) is 0 Å². The lowest BCUT2D eigenvalue weighted by Crippen LogP contribution is -1.97. The Labute approximate surface area is 109 Å². The molecule has 0 bridgehead atoms. The summed E-state index contributed by atoms with van der Waals surface area (Å²) in [5, 5.41) is 4.44. The van der Waals surface area contributed by atoms with E-state index in [9.17, 15) is 0 Å². The molecule has 84 valence electrons. The molecule has 1 N–H and O–H groups in total. The summed E-state index contributed by atoms with van der Waals surface area (Å²) in [6.07, 6.45) is 0. The van der Waals surface area contributed by atoms with Crippen molar-refractivity contribution in [2.75, 3.05) is 5.32 Å². The van der Waals surface area contributed by atoms with Crippen molar-refractivity contribution in [2.24, 2.45) is 0 Å². The maximum absolute atomic E-state index is 6.07. The minimum absolute atomic E-state index is 0.578. The van der Waals surface area contributed by atoms with Gasteiger partial charge in [-0.05, 0) is 31.2 Å². The van der Waals surface area contributed by atoms with Crippen LogP contribution >= 0.6 is 34.5 Å². The van der Waals surface area contributed by atoms with Gasteiger partial charge < -0.3 is 5.32 Å². The van der Waals surface area contributed by atoms with Crippen LogP contribution in [0.5, 0.6) is 0 Å². The first-order valence-electron chi connectivity index (χ1n) is 4.90. The fraction of sp³-hybridized carbons (Fsp3) is 0.167. The van der Waals surface area contributed by atoms with Crippen molar-refractivity contribution in [3.63, 3.8) is 0 Å². The molecule has 0 aliphatic heterocycles. The third kappa shape index (κ3) is 2.70. The molecule has 1 aromatic carbocycles. The number of halogens is 2. The van der Waals surface area contributed by atoms with Crippen molar-refractivity contribution in [1.82, 2.24) is 0 Å². The lowest BCUT2D eigenvalue weighted by Gasteiger charge is -2.07. The normalized spacial score (nSPS) is 10.4. The van der Waals surface area contributed by atoms with E-state index in [4.69, 9.17) is 23.2 Å². The number of benzene rings is 1. The molecule has 0 fully saturated rings. The van der Waals surface area contributed by atoms with E-state index in [-0.39, 0.29) is 0 Å². The van der Waals surface area contributed by atoms with Crippen LogP contribution in [-0.4, -0.2) is 0 Å². The van der Waals surface area contributed by atoms with Crippen LogP contribution in [0.3, 0.4) is 0 Å². The Morgan fingerprint density at radius 2 is 2.00 bits per heavy atom. The van der Waals surface area contributed by atoms with Crippen LogP contribution in [0.15, 0.2) is 30.3 Å². The monoisotopic (exact) mass is 271 g/mol. The smallest absolute Gasteiger partial charge is 0.0823 e. The van der Waals surface area contributed by atoms with Gasteiger partial charge in [-0.1, -0.05) is 29.3 Å². The Morgan fingerprint density at radius 3 is 2.69 bits per heavy atom. The molecular formula is C12H11Cl2NS. The molecule has 0 atom stereocenters. The van der Waals surface area contributed by atoms with E-state index in [0.717, 1.165) is 12.2 Å². The molecule has 0 amide bonds. The average Bonchev–Trinajstić information content (AvgIpc) is 2.67. The number of hydrogen-bond acceptors (Lipinski definition) is 2. The van der Waals surface area contributed by atoms with Crippen LogP contribution in [0.1, 0.15) is 9.75 Å². The maximum Gasteiger partial charge on any atom is 0.0823 e. The Hall–Kier alpha value is -0.700. The van der Waals surface area contributed by atoms with E-state index in [2.05, 4.69) is 24.4 Å². The van der Waals surface area contributed by atoms with Crippen molar-refractivity contribution in [3.05, 3.63) is 50.1 Å². The van der Waals surface area contributed by atoms with Crippen LogP contribution in [0.2, 0.25) is 10.0 Å². The topological polar surface area (TPSA) is 12.0 Å². The Morgan fingerprint density at radius 1 is 1.19 bits per heavy atom. The third-order valence-corrected chi connectivity index (χ3v) is 4.02.